The number of nitrogens with zero attached hydrogens (tertiary/aromatic N) is 2. The summed E-state index contributed by atoms with van der Waals surface area (Å²) in [5, 5.41) is 3.09. The summed E-state index contributed by atoms with van der Waals surface area (Å²) < 4.78 is 1.01. The smallest absolute Gasteiger partial charge is 0.278 e. The summed E-state index contributed by atoms with van der Waals surface area (Å²) in [7, 11) is 0. The third kappa shape index (κ3) is 2.63. The molecule has 0 spiro atoms. The SMILES string of the molecule is CC(C)CNC(=O)C(C)[N+]12CCN(CC1)CC2. The molecular formula is C13H26N3O+. The molecule has 0 aliphatic carbocycles. The quantitative estimate of drug-likeness (QED) is 0.717. The van der Waals surface area contributed by atoms with E-state index in [1.807, 2.05) is 0 Å². The molecular weight excluding hydrogens is 214 g/mol. The monoisotopic (exact) mass is 240 g/mol. The van der Waals surface area contributed by atoms with E-state index in [1.54, 1.807) is 0 Å². The van der Waals surface area contributed by atoms with Crippen LogP contribution >= 0.6 is 0 Å². The molecule has 3 aliphatic heterocycles. The van der Waals surface area contributed by atoms with Gasteiger partial charge < -0.3 is 9.80 Å². The first kappa shape index (κ1) is 12.8. The van der Waals surface area contributed by atoms with E-state index in [9.17, 15) is 4.79 Å². The van der Waals surface area contributed by atoms with Crippen LogP contribution in [-0.2, 0) is 4.79 Å². The number of nitrogens with one attached hydrogen (secondary N) is 1. The topological polar surface area (TPSA) is 32.3 Å². The van der Waals surface area contributed by atoms with Gasteiger partial charge in [-0.05, 0) is 12.8 Å². The zero-order valence-electron chi connectivity index (χ0n) is 11.4. The number of fused-ring (bicyclic) bond motifs is 3. The van der Waals surface area contributed by atoms with Crippen LogP contribution in [0.5, 0.6) is 0 Å². The van der Waals surface area contributed by atoms with E-state index in [-0.39, 0.29) is 11.9 Å². The van der Waals surface area contributed by atoms with E-state index >= 15 is 0 Å². The Balaban J connectivity index is 1.93. The highest BCUT2D eigenvalue weighted by Crippen LogP contribution is 2.23. The molecule has 1 atom stereocenters. The van der Waals surface area contributed by atoms with Crippen LogP contribution in [0.3, 0.4) is 0 Å². The van der Waals surface area contributed by atoms with Crippen molar-refractivity contribution in [2.75, 3.05) is 45.8 Å². The molecule has 0 radical (unpaired) electrons. The normalized spacial score (nSPS) is 33.8. The lowest BCUT2D eigenvalue weighted by Gasteiger charge is -2.53. The summed E-state index contributed by atoms with van der Waals surface area (Å²) in [5.74, 6) is 0.776. The molecule has 0 aromatic heterocycles. The lowest BCUT2D eigenvalue weighted by molar-refractivity contribution is -0.953. The van der Waals surface area contributed by atoms with Crippen LogP contribution in [0.15, 0.2) is 0 Å². The van der Waals surface area contributed by atoms with Gasteiger partial charge in [-0.3, -0.25) is 9.69 Å². The second-order valence-corrected chi connectivity index (χ2v) is 6.05. The van der Waals surface area contributed by atoms with Crippen LogP contribution in [0, 0.1) is 5.92 Å². The van der Waals surface area contributed by atoms with Crippen LogP contribution in [0.25, 0.3) is 0 Å². The summed E-state index contributed by atoms with van der Waals surface area (Å²) in [4.78, 5) is 14.7. The Morgan fingerprint density at radius 1 is 1.18 bits per heavy atom. The molecule has 0 saturated carbocycles. The average Bonchev–Trinajstić information content (AvgIpc) is 2.37. The maximum absolute atomic E-state index is 12.2. The van der Waals surface area contributed by atoms with Gasteiger partial charge in [0.15, 0.2) is 6.04 Å². The molecule has 1 N–H and O–H groups in total. The predicted octanol–water partition coefficient (Wildman–Crippen LogP) is 0.293. The van der Waals surface area contributed by atoms with Crippen molar-refractivity contribution in [2.24, 2.45) is 5.92 Å². The Morgan fingerprint density at radius 2 is 1.71 bits per heavy atom. The Bertz CT molecular complexity index is 269. The number of quaternary nitrogens is 1. The highest BCUT2D eigenvalue weighted by atomic mass is 16.2. The molecule has 1 unspecified atom stereocenters. The van der Waals surface area contributed by atoms with Crippen LogP contribution in [0.2, 0.25) is 0 Å². The first-order valence-corrected chi connectivity index (χ1v) is 6.89. The molecule has 1 amide bonds. The zero-order chi connectivity index (χ0) is 12.5. The third-order valence-corrected chi connectivity index (χ3v) is 4.47. The fourth-order valence-electron chi connectivity index (χ4n) is 2.97. The van der Waals surface area contributed by atoms with Gasteiger partial charge in [-0.25, -0.2) is 0 Å². The van der Waals surface area contributed by atoms with E-state index in [4.69, 9.17) is 0 Å². The maximum Gasteiger partial charge on any atom is 0.278 e. The van der Waals surface area contributed by atoms with Gasteiger partial charge in [0.2, 0.25) is 0 Å². The van der Waals surface area contributed by atoms with E-state index in [2.05, 4.69) is 31.0 Å². The van der Waals surface area contributed by atoms with Crippen molar-refractivity contribution in [2.45, 2.75) is 26.8 Å². The number of hydrogen-bond acceptors (Lipinski definition) is 2. The van der Waals surface area contributed by atoms with Gasteiger partial charge in [0.1, 0.15) is 0 Å². The molecule has 2 bridgehead atoms. The van der Waals surface area contributed by atoms with Crippen molar-refractivity contribution < 1.29 is 9.28 Å². The van der Waals surface area contributed by atoms with Crippen molar-refractivity contribution in [1.82, 2.24) is 10.2 Å². The summed E-state index contributed by atoms with van der Waals surface area (Å²) in [6.07, 6.45) is 0. The van der Waals surface area contributed by atoms with Crippen molar-refractivity contribution in [3.63, 3.8) is 0 Å². The summed E-state index contributed by atoms with van der Waals surface area (Å²) in [5.41, 5.74) is 0. The highest BCUT2D eigenvalue weighted by molar-refractivity contribution is 5.80. The van der Waals surface area contributed by atoms with Crippen molar-refractivity contribution in [3.05, 3.63) is 0 Å². The Labute approximate surface area is 105 Å². The maximum atomic E-state index is 12.2. The molecule has 0 aromatic carbocycles. The van der Waals surface area contributed by atoms with Crippen LogP contribution in [-0.4, -0.2) is 67.1 Å². The van der Waals surface area contributed by atoms with Gasteiger partial charge in [0, 0.05) is 26.2 Å². The lowest BCUT2D eigenvalue weighted by Crippen LogP contribution is -2.72. The number of carbonyl (C=O) groups is 1. The summed E-state index contributed by atoms with van der Waals surface area (Å²) in [6, 6.07) is 0.121. The molecule has 3 aliphatic rings. The molecule has 3 saturated heterocycles. The molecule has 4 heteroatoms. The molecule has 3 rings (SSSR count). The van der Waals surface area contributed by atoms with E-state index in [0.717, 1.165) is 30.7 Å². The lowest BCUT2D eigenvalue weighted by atomic mass is 10.1. The molecule has 98 valence electrons. The minimum Gasteiger partial charge on any atom is -0.351 e. The molecule has 3 heterocycles. The number of carbonyl (C=O) groups excluding carboxylic acids is 1. The Morgan fingerprint density at radius 3 is 2.18 bits per heavy atom. The summed E-state index contributed by atoms with van der Waals surface area (Å²) >= 11 is 0. The van der Waals surface area contributed by atoms with E-state index in [1.165, 1.54) is 19.6 Å². The van der Waals surface area contributed by atoms with Crippen LogP contribution in [0.1, 0.15) is 20.8 Å². The number of rotatable bonds is 4. The van der Waals surface area contributed by atoms with Crippen molar-refractivity contribution >= 4 is 5.91 Å². The Hall–Kier alpha value is -0.610. The fourth-order valence-corrected chi connectivity index (χ4v) is 2.97. The molecule has 3 fully saturated rings. The number of amides is 1. The minimum absolute atomic E-state index is 0.121. The van der Waals surface area contributed by atoms with Gasteiger partial charge in [-0.15, -0.1) is 0 Å². The fraction of sp³-hybridized carbons (Fsp3) is 0.923. The minimum atomic E-state index is 0.121. The Kier molecular flexibility index (Phi) is 3.73. The molecule has 4 nitrogen and oxygen atoms in total. The first-order valence-electron chi connectivity index (χ1n) is 6.89. The number of piperazine rings is 3. The number of hydrogen-bond donors (Lipinski definition) is 1. The van der Waals surface area contributed by atoms with E-state index < -0.39 is 0 Å². The van der Waals surface area contributed by atoms with Gasteiger partial charge in [-0.2, -0.15) is 0 Å². The largest absolute Gasteiger partial charge is 0.351 e. The highest BCUT2D eigenvalue weighted by Gasteiger charge is 2.44. The standard InChI is InChI=1S/C13H25N3O/c1-11(2)10-14-13(17)12(3)16-7-4-15(5-8-16)6-9-16/h11-12H,4-10H2,1-3H3/p+1. The predicted molar refractivity (Wildman–Crippen MR) is 68.6 cm³/mol. The second kappa shape index (κ2) is 4.94. The van der Waals surface area contributed by atoms with Gasteiger partial charge in [0.25, 0.3) is 5.91 Å². The van der Waals surface area contributed by atoms with Crippen LogP contribution < -0.4 is 5.32 Å². The van der Waals surface area contributed by atoms with E-state index in [0.29, 0.717) is 5.92 Å². The second-order valence-electron chi connectivity index (χ2n) is 6.05. The van der Waals surface area contributed by atoms with Crippen LogP contribution in [0.4, 0.5) is 0 Å². The van der Waals surface area contributed by atoms with Crippen molar-refractivity contribution in [1.29, 1.82) is 0 Å². The van der Waals surface area contributed by atoms with Gasteiger partial charge >= 0.3 is 0 Å². The zero-order valence-corrected chi connectivity index (χ0v) is 11.4. The summed E-state index contributed by atoms with van der Waals surface area (Å²) in [6.45, 7) is 14.1. The van der Waals surface area contributed by atoms with Gasteiger partial charge in [0.05, 0.1) is 19.6 Å². The third-order valence-electron chi connectivity index (χ3n) is 4.47. The van der Waals surface area contributed by atoms with Gasteiger partial charge in [-0.1, -0.05) is 13.8 Å². The first-order chi connectivity index (χ1) is 8.03. The molecule has 0 aromatic rings. The average molecular weight is 240 g/mol. The van der Waals surface area contributed by atoms with Crippen molar-refractivity contribution in [3.8, 4) is 0 Å². The molecule has 17 heavy (non-hydrogen) atoms.